The summed E-state index contributed by atoms with van der Waals surface area (Å²) in [5.41, 5.74) is 0. The van der Waals surface area contributed by atoms with Crippen LogP contribution in [-0.4, -0.2) is 44.7 Å². The quantitative estimate of drug-likeness (QED) is 0.224. The number of hydrogen-bond acceptors (Lipinski definition) is 4. The van der Waals surface area contributed by atoms with E-state index in [2.05, 4.69) is 6.92 Å². The molecule has 0 unspecified atom stereocenters. The lowest BCUT2D eigenvalue weighted by atomic mass is 9.98. The summed E-state index contributed by atoms with van der Waals surface area (Å²) in [6.07, 6.45) is 13.7. The Morgan fingerprint density at radius 2 is 1.07 bits per heavy atom. The first-order valence-electron chi connectivity index (χ1n) is 11.2. The zero-order valence-corrected chi connectivity index (χ0v) is 17.4. The Bertz CT molecular complexity index is 335. The summed E-state index contributed by atoms with van der Waals surface area (Å²) in [4.78, 5) is 10.4. The lowest BCUT2D eigenvalue weighted by Gasteiger charge is -2.18. The lowest BCUT2D eigenvalue weighted by Crippen LogP contribution is -2.26. The van der Waals surface area contributed by atoms with E-state index in [1.807, 2.05) is 0 Å². The van der Waals surface area contributed by atoms with E-state index < -0.39 is 18.2 Å². The van der Waals surface area contributed by atoms with Crippen molar-refractivity contribution < 1.29 is 25.2 Å². The molecule has 0 aliphatic rings. The molecule has 27 heavy (non-hydrogen) atoms. The van der Waals surface area contributed by atoms with Crippen LogP contribution >= 0.6 is 0 Å². The molecule has 0 aliphatic carbocycles. The summed E-state index contributed by atoms with van der Waals surface area (Å²) >= 11 is 0. The molecule has 0 aromatic heterocycles. The number of aliphatic hydroxyl groups excluding tert-OH is 3. The predicted octanol–water partition coefficient (Wildman–Crippen LogP) is 4.81. The second-order valence-electron chi connectivity index (χ2n) is 7.98. The first-order valence-corrected chi connectivity index (χ1v) is 11.2. The predicted molar refractivity (Wildman–Crippen MR) is 110 cm³/mol. The molecule has 0 saturated carbocycles. The minimum absolute atomic E-state index is 0.201. The van der Waals surface area contributed by atoms with Gasteiger partial charge < -0.3 is 20.4 Å². The van der Waals surface area contributed by atoms with Gasteiger partial charge in [-0.2, -0.15) is 0 Å². The van der Waals surface area contributed by atoms with E-state index in [0.717, 1.165) is 38.5 Å². The van der Waals surface area contributed by atoms with Gasteiger partial charge in [0.2, 0.25) is 0 Å². The largest absolute Gasteiger partial charge is 0.481 e. The van der Waals surface area contributed by atoms with Gasteiger partial charge in [-0.1, -0.05) is 71.1 Å². The highest BCUT2D eigenvalue weighted by Crippen LogP contribution is 2.16. The highest BCUT2D eigenvalue weighted by atomic mass is 16.4. The molecule has 0 amide bonds. The number of aliphatic carboxylic acids is 1. The molecular weight excluding hydrogens is 344 g/mol. The maximum absolute atomic E-state index is 10.4. The van der Waals surface area contributed by atoms with Gasteiger partial charge in [0.25, 0.3) is 0 Å². The highest BCUT2D eigenvalue weighted by molar-refractivity contribution is 5.66. The highest BCUT2D eigenvalue weighted by Gasteiger charge is 2.16. The van der Waals surface area contributed by atoms with E-state index in [1.165, 1.54) is 38.5 Å². The van der Waals surface area contributed by atoms with E-state index in [0.29, 0.717) is 25.7 Å². The number of carbonyl (C=O) groups is 1. The van der Waals surface area contributed by atoms with Gasteiger partial charge in [-0.3, -0.25) is 4.79 Å². The first kappa shape index (κ1) is 26.4. The minimum Gasteiger partial charge on any atom is -0.481 e. The summed E-state index contributed by atoms with van der Waals surface area (Å²) < 4.78 is 0. The van der Waals surface area contributed by atoms with Gasteiger partial charge >= 0.3 is 5.97 Å². The fourth-order valence-electron chi connectivity index (χ4n) is 3.41. The number of carboxylic acid groups (broad SMARTS) is 1. The zero-order chi connectivity index (χ0) is 20.3. The Labute approximate surface area is 166 Å². The molecule has 0 spiro atoms. The third-order valence-corrected chi connectivity index (χ3v) is 5.26. The molecule has 0 rings (SSSR count). The van der Waals surface area contributed by atoms with Crippen molar-refractivity contribution in [2.24, 2.45) is 0 Å². The molecule has 162 valence electrons. The van der Waals surface area contributed by atoms with Crippen LogP contribution in [0.3, 0.4) is 0 Å². The van der Waals surface area contributed by atoms with Crippen molar-refractivity contribution in [3.05, 3.63) is 0 Å². The third-order valence-electron chi connectivity index (χ3n) is 5.26. The third kappa shape index (κ3) is 18.5. The van der Waals surface area contributed by atoms with Crippen molar-refractivity contribution in [1.82, 2.24) is 0 Å². The Hall–Kier alpha value is -0.650. The summed E-state index contributed by atoms with van der Waals surface area (Å²) in [6, 6.07) is 0. The van der Waals surface area contributed by atoms with Gasteiger partial charge in [0.1, 0.15) is 0 Å². The molecule has 0 radical (unpaired) electrons. The molecule has 0 bridgehead atoms. The number of rotatable bonds is 20. The smallest absolute Gasteiger partial charge is 0.303 e. The normalized spacial score (nSPS) is 14.8. The second-order valence-corrected chi connectivity index (χ2v) is 7.98. The fraction of sp³-hybridized carbons (Fsp3) is 0.955. The number of unbranched alkanes of at least 4 members (excludes halogenated alkanes) is 9. The molecule has 0 aliphatic heterocycles. The molecule has 0 heterocycles. The summed E-state index contributed by atoms with van der Waals surface area (Å²) in [6.45, 7) is 2.22. The Morgan fingerprint density at radius 3 is 1.67 bits per heavy atom. The van der Waals surface area contributed by atoms with Crippen LogP contribution in [0.1, 0.15) is 116 Å². The molecule has 0 fully saturated rings. The zero-order valence-electron chi connectivity index (χ0n) is 17.4. The molecule has 5 heteroatoms. The van der Waals surface area contributed by atoms with Crippen molar-refractivity contribution >= 4 is 5.97 Å². The van der Waals surface area contributed by atoms with Crippen molar-refractivity contribution in [2.75, 3.05) is 0 Å². The van der Waals surface area contributed by atoms with Crippen molar-refractivity contribution in [1.29, 1.82) is 0 Å². The van der Waals surface area contributed by atoms with Crippen LogP contribution in [0.4, 0.5) is 0 Å². The van der Waals surface area contributed by atoms with Crippen LogP contribution < -0.4 is 0 Å². The lowest BCUT2D eigenvalue weighted by molar-refractivity contribution is -0.137. The van der Waals surface area contributed by atoms with Crippen LogP contribution in [0.25, 0.3) is 0 Å². The van der Waals surface area contributed by atoms with Crippen LogP contribution in [0.15, 0.2) is 0 Å². The molecule has 0 aromatic carbocycles. The van der Waals surface area contributed by atoms with Gasteiger partial charge in [0.05, 0.1) is 18.3 Å². The van der Waals surface area contributed by atoms with Crippen molar-refractivity contribution in [3.63, 3.8) is 0 Å². The summed E-state index contributed by atoms with van der Waals surface area (Å²) in [5, 5.41) is 38.6. The van der Waals surface area contributed by atoms with Crippen LogP contribution in [-0.2, 0) is 4.79 Å². The van der Waals surface area contributed by atoms with Crippen LogP contribution in [0.5, 0.6) is 0 Å². The topological polar surface area (TPSA) is 98.0 Å². The van der Waals surface area contributed by atoms with Crippen LogP contribution in [0, 0.1) is 0 Å². The fourth-order valence-corrected chi connectivity index (χ4v) is 3.41. The first-order chi connectivity index (χ1) is 13.0. The Kier molecular flexibility index (Phi) is 18.3. The van der Waals surface area contributed by atoms with Crippen molar-refractivity contribution in [3.8, 4) is 0 Å². The van der Waals surface area contributed by atoms with E-state index >= 15 is 0 Å². The van der Waals surface area contributed by atoms with Gasteiger partial charge in [-0.25, -0.2) is 0 Å². The van der Waals surface area contributed by atoms with E-state index in [9.17, 15) is 20.1 Å². The molecule has 3 atom stereocenters. The van der Waals surface area contributed by atoms with Crippen molar-refractivity contribution in [2.45, 2.75) is 134 Å². The monoisotopic (exact) mass is 388 g/mol. The molecular formula is C22H44O5. The van der Waals surface area contributed by atoms with Crippen LogP contribution in [0.2, 0.25) is 0 Å². The number of hydrogen-bond donors (Lipinski definition) is 4. The Morgan fingerprint density at radius 1 is 0.630 bits per heavy atom. The SMILES string of the molecule is CCCCCCCCC[C@H](O)CCC[C@@H](O)[C@H](O)CCCCCCC(=O)O. The Balaban J connectivity index is 3.51. The van der Waals surface area contributed by atoms with Gasteiger partial charge in [-0.05, 0) is 38.5 Å². The van der Waals surface area contributed by atoms with Gasteiger partial charge in [0.15, 0.2) is 0 Å². The number of aliphatic hydroxyl groups is 3. The van der Waals surface area contributed by atoms with Gasteiger partial charge in [-0.15, -0.1) is 0 Å². The second kappa shape index (κ2) is 18.7. The van der Waals surface area contributed by atoms with Gasteiger partial charge in [0, 0.05) is 6.42 Å². The average molecular weight is 389 g/mol. The van der Waals surface area contributed by atoms with E-state index in [1.54, 1.807) is 0 Å². The van der Waals surface area contributed by atoms with E-state index in [-0.39, 0.29) is 12.5 Å². The number of carboxylic acids is 1. The molecule has 0 saturated heterocycles. The summed E-state index contributed by atoms with van der Waals surface area (Å²) in [7, 11) is 0. The average Bonchev–Trinajstić information content (AvgIpc) is 2.63. The maximum Gasteiger partial charge on any atom is 0.303 e. The summed E-state index contributed by atoms with van der Waals surface area (Å²) in [5.74, 6) is -0.764. The van der Waals surface area contributed by atoms with E-state index in [4.69, 9.17) is 5.11 Å². The molecule has 4 N–H and O–H groups in total. The molecule has 5 nitrogen and oxygen atoms in total. The molecule has 0 aromatic rings. The maximum atomic E-state index is 10.4. The minimum atomic E-state index is -0.764. The standard InChI is InChI=1S/C22H44O5/c1-2-3-4-5-6-7-10-14-19(23)15-13-17-21(25)20(24)16-11-8-9-12-18-22(26)27/h19-21,23-25H,2-18H2,1H3,(H,26,27)/t19-,20+,21+/m0/s1.